The number of nitrogens with one attached hydrogen (secondary N) is 1. The minimum absolute atomic E-state index is 0. The molecule has 0 aliphatic heterocycles. The van der Waals surface area contributed by atoms with Gasteiger partial charge in [0.05, 0.1) is 12.1 Å². The second-order valence-corrected chi connectivity index (χ2v) is 6.77. The number of hydrogen-bond donors (Lipinski definition) is 1. The predicted octanol–water partition coefficient (Wildman–Crippen LogP) is 5.19. The van der Waals surface area contributed by atoms with Gasteiger partial charge in [-0.3, -0.25) is 9.78 Å². The van der Waals surface area contributed by atoms with E-state index in [1.54, 1.807) is 48.8 Å². The van der Waals surface area contributed by atoms with Crippen molar-refractivity contribution in [2.45, 2.75) is 31.4 Å². The number of amides is 1. The first-order valence-corrected chi connectivity index (χ1v) is 8.86. The van der Waals surface area contributed by atoms with Gasteiger partial charge >= 0.3 is 6.18 Å². The van der Waals surface area contributed by atoms with Crippen molar-refractivity contribution in [3.8, 4) is 5.69 Å². The Labute approximate surface area is 183 Å². The molecule has 1 N–H and O–H groups in total. The molecule has 0 bridgehead atoms. The van der Waals surface area contributed by atoms with Crippen molar-refractivity contribution in [1.29, 1.82) is 0 Å². The molecule has 2 heterocycles. The van der Waals surface area contributed by atoms with E-state index >= 15 is 0 Å². The Bertz CT molecular complexity index is 988. The van der Waals surface area contributed by atoms with E-state index in [0.717, 1.165) is 24.5 Å². The van der Waals surface area contributed by atoms with Crippen LogP contribution in [0.5, 0.6) is 0 Å². The SMILES string of the molecule is Cl.Cl.O=C(Cc1ccncc1)Nc1ccc(-n2nc(C(F)(F)F)cc2C2CC2)cc1. The highest BCUT2D eigenvalue weighted by Crippen LogP contribution is 2.43. The van der Waals surface area contributed by atoms with Gasteiger partial charge in [0.15, 0.2) is 5.69 Å². The molecule has 1 aliphatic rings. The summed E-state index contributed by atoms with van der Waals surface area (Å²) in [5.74, 6) is -0.0700. The summed E-state index contributed by atoms with van der Waals surface area (Å²) >= 11 is 0. The van der Waals surface area contributed by atoms with Gasteiger partial charge in [-0.15, -0.1) is 24.8 Å². The predicted molar refractivity (Wildman–Crippen MR) is 112 cm³/mol. The van der Waals surface area contributed by atoms with E-state index in [0.29, 0.717) is 17.1 Å². The molecule has 160 valence electrons. The number of carbonyl (C=O) groups excluding carboxylic acids is 1. The summed E-state index contributed by atoms with van der Waals surface area (Å²) in [7, 11) is 0. The average molecular weight is 459 g/mol. The number of anilines is 1. The lowest BCUT2D eigenvalue weighted by Gasteiger charge is -2.09. The third kappa shape index (κ3) is 5.52. The van der Waals surface area contributed by atoms with Crippen LogP contribution in [-0.4, -0.2) is 20.7 Å². The van der Waals surface area contributed by atoms with Gasteiger partial charge in [-0.2, -0.15) is 18.3 Å². The van der Waals surface area contributed by atoms with E-state index in [1.165, 1.54) is 4.68 Å². The molecule has 0 spiro atoms. The van der Waals surface area contributed by atoms with Crippen molar-refractivity contribution in [2.75, 3.05) is 5.32 Å². The van der Waals surface area contributed by atoms with Crippen LogP contribution in [-0.2, 0) is 17.4 Å². The molecule has 1 amide bonds. The van der Waals surface area contributed by atoms with Crippen molar-refractivity contribution in [1.82, 2.24) is 14.8 Å². The van der Waals surface area contributed by atoms with Crippen LogP contribution in [0, 0.1) is 0 Å². The lowest BCUT2D eigenvalue weighted by Crippen LogP contribution is -2.14. The molecule has 1 aromatic carbocycles. The summed E-state index contributed by atoms with van der Waals surface area (Å²) in [6.45, 7) is 0. The van der Waals surface area contributed by atoms with Gasteiger partial charge in [-0.1, -0.05) is 0 Å². The van der Waals surface area contributed by atoms with Crippen LogP contribution >= 0.6 is 24.8 Å². The van der Waals surface area contributed by atoms with Crippen LogP contribution in [0.2, 0.25) is 0 Å². The molecule has 0 radical (unpaired) electrons. The van der Waals surface area contributed by atoms with Gasteiger partial charge in [-0.25, -0.2) is 4.68 Å². The second kappa shape index (κ2) is 9.49. The Morgan fingerprint density at radius 3 is 2.27 bits per heavy atom. The zero-order chi connectivity index (χ0) is 19.7. The van der Waals surface area contributed by atoms with Crippen LogP contribution in [0.1, 0.15) is 35.7 Å². The van der Waals surface area contributed by atoms with E-state index in [2.05, 4.69) is 15.4 Å². The van der Waals surface area contributed by atoms with Gasteiger partial charge in [0, 0.05) is 29.7 Å². The fourth-order valence-corrected chi connectivity index (χ4v) is 2.99. The Hall–Kier alpha value is -2.58. The van der Waals surface area contributed by atoms with E-state index in [1.807, 2.05) is 0 Å². The average Bonchev–Trinajstić information content (AvgIpc) is 3.40. The molecule has 0 atom stereocenters. The molecule has 1 fully saturated rings. The standard InChI is InChI=1S/C20H17F3N4O.2ClH/c21-20(22,23)18-12-17(14-1-2-14)27(26-18)16-5-3-15(4-6-16)25-19(28)11-13-7-9-24-10-8-13;;/h3-10,12,14H,1-2,11H2,(H,25,28);2*1H. The molecule has 2 aromatic heterocycles. The minimum Gasteiger partial charge on any atom is -0.326 e. The minimum atomic E-state index is -4.48. The number of alkyl halides is 3. The van der Waals surface area contributed by atoms with Gasteiger partial charge in [0.1, 0.15) is 0 Å². The molecule has 30 heavy (non-hydrogen) atoms. The Balaban J connectivity index is 0.00000160. The molecule has 4 rings (SSSR count). The lowest BCUT2D eigenvalue weighted by atomic mass is 10.2. The lowest BCUT2D eigenvalue weighted by molar-refractivity contribution is -0.141. The number of halogens is 5. The summed E-state index contributed by atoms with van der Waals surface area (Å²) in [5, 5.41) is 6.54. The van der Waals surface area contributed by atoms with Gasteiger partial charge in [0.25, 0.3) is 0 Å². The third-order valence-corrected chi connectivity index (χ3v) is 4.53. The van der Waals surface area contributed by atoms with Crippen LogP contribution in [0.4, 0.5) is 18.9 Å². The zero-order valence-electron chi connectivity index (χ0n) is 15.6. The molecule has 3 aromatic rings. The maximum Gasteiger partial charge on any atom is 0.435 e. The topological polar surface area (TPSA) is 59.8 Å². The number of carbonyl (C=O) groups is 1. The van der Waals surface area contributed by atoms with Gasteiger partial charge in [-0.05, 0) is 60.9 Å². The van der Waals surface area contributed by atoms with Crippen molar-refractivity contribution in [2.24, 2.45) is 0 Å². The number of aromatic nitrogens is 3. The summed E-state index contributed by atoms with van der Waals surface area (Å²) < 4.78 is 40.5. The summed E-state index contributed by atoms with van der Waals surface area (Å²) in [6.07, 6.45) is 0.709. The zero-order valence-corrected chi connectivity index (χ0v) is 17.2. The Kier molecular flexibility index (Phi) is 7.49. The molecule has 1 saturated carbocycles. The molecular weight excluding hydrogens is 440 g/mol. The Morgan fingerprint density at radius 2 is 1.70 bits per heavy atom. The molecule has 0 unspecified atom stereocenters. The molecule has 1 aliphatic carbocycles. The quantitative estimate of drug-likeness (QED) is 0.572. The molecule has 0 saturated heterocycles. The number of nitrogens with zero attached hydrogens (tertiary/aromatic N) is 3. The summed E-state index contributed by atoms with van der Waals surface area (Å²) in [6, 6.07) is 11.3. The highest BCUT2D eigenvalue weighted by atomic mass is 35.5. The third-order valence-electron chi connectivity index (χ3n) is 4.53. The van der Waals surface area contributed by atoms with Crippen LogP contribution in [0.25, 0.3) is 5.69 Å². The van der Waals surface area contributed by atoms with Crippen molar-refractivity contribution in [3.05, 3.63) is 71.8 Å². The van der Waals surface area contributed by atoms with E-state index in [4.69, 9.17) is 0 Å². The molecular formula is C20H19Cl2F3N4O. The highest BCUT2D eigenvalue weighted by Gasteiger charge is 2.38. The van der Waals surface area contributed by atoms with Gasteiger partial charge < -0.3 is 5.32 Å². The van der Waals surface area contributed by atoms with Crippen LogP contribution < -0.4 is 5.32 Å². The maximum absolute atomic E-state index is 13.0. The largest absolute Gasteiger partial charge is 0.435 e. The molecule has 5 nitrogen and oxygen atoms in total. The van der Waals surface area contributed by atoms with Crippen LogP contribution in [0.15, 0.2) is 54.9 Å². The summed E-state index contributed by atoms with van der Waals surface area (Å²) in [5.41, 5.74) is 1.63. The first-order valence-electron chi connectivity index (χ1n) is 8.86. The van der Waals surface area contributed by atoms with Crippen molar-refractivity contribution >= 4 is 36.4 Å². The normalized spacial score (nSPS) is 13.2. The first-order chi connectivity index (χ1) is 13.4. The van der Waals surface area contributed by atoms with Crippen molar-refractivity contribution in [3.63, 3.8) is 0 Å². The Morgan fingerprint density at radius 1 is 1.07 bits per heavy atom. The highest BCUT2D eigenvalue weighted by molar-refractivity contribution is 5.92. The fourth-order valence-electron chi connectivity index (χ4n) is 2.99. The van der Waals surface area contributed by atoms with Gasteiger partial charge in [0.2, 0.25) is 5.91 Å². The van der Waals surface area contributed by atoms with E-state index in [9.17, 15) is 18.0 Å². The fraction of sp³-hybridized carbons (Fsp3) is 0.250. The molecule has 10 heteroatoms. The first kappa shape index (κ1) is 23.7. The van der Waals surface area contributed by atoms with Crippen LogP contribution in [0.3, 0.4) is 0 Å². The number of benzene rings is 1. The summed E-state index contributed by atoms with van der Waals surface area (Å²) in [4.78, 5) is 16.0. The second-order valence-electron chi connectivity index (χ2n) is 6.77. The monoisotopic (exact) mass is 458 g/mol. The number of pyridine rings is 1. The van der Waals surface area contributed by atoms with Crippen molar-refractivity contribution < 1.29 is 18.0 Å². The van der Waals surface area contributed by atoms with E-state index < -0.39 is 11.9 Å². The van der Waals surface area contributed by atoms with E-state index in [-0.39, 0.29) is 43.1 Å². The number of hydrogen-bond acceptors (Lipinski definition) is 3. The number of rotatable bonds is 5. The smallest absolute Gasteiger partial charge is 0.326 e. The maximum atomic E-state index is 13.0.